The second-order valence-corrected chi connectivity index (χ2v) is 4.39. The smallest absolute Gasteiger partial charge is 0.179 e. The summed E-state index contributed by atoms with van der Waals surface area (Å²) in [6.07, 6.45) is 0.880. The van der Waals surface area contributed by atoms with Gasteiger partial charge in [0.05, 0.1) is 24.8 Å². The van der Waals surface area contributed by atoms with Crippen LogP contribution >= 0.6 is 11.6 Å². The van der Waals surface area contributed by atoms with Crippen LogP contribution in [0.4, 0.5) is 0 Å². The van der Waals surface area contributed by atoms with E-state index in [1.807, 2.05) is 19.1 Å². The average Bonchev–Trinajstić information content (AvgIpc) is 2.60. The fraction of sp³-hybridized carbons (Fsp3) is 0.429. The molecular formula is C14H16ClNO2. The number of hydrogen-bond donors (Lipinski definition) is 1. The molecule has 4 heteroatoms. The number of nitrogens with one attached hydrogen (secondary N) is 1. The lowest BCUT2D eigenvalue weighted by Gasteiger charge is -2.11. The predicted molar refractivity (Wildman–Crippen MR) is 72.2 cm³/mol. The molecule has 0 amide bonds. The van der Waals surface area contributed by atoms with E-state index in [0.717, 1.165) is 17.7 Å². The Kier molecular flexibility index (Phi) is 4.74. The van der Waals surface area contributed by atoms with Crippen LogP contribution in [0, 0.1) is 11.8 Å². The minimum absolute atomic E-state index is 0.604. The summed E-state index contributed by atoms with van der Waals surface area (Å²) in [5.74, 6) is 7.19. The average molecular weight is 266 g/mol. The molecule has 1 heterocycles. The molecule has 18 heavy (non-hydrogen) atoms. The van der Waals surface area contributed by atoms with E-state index in [1.54, 1.807) is 0 Å². The van der Waals surface area contributed by atoms with E-state index in [4.69, 9.17) is 21.1 Å². The van der Waals surface area contributed by atoms with Gasteiger partial charge in [-0.25, -0.2) is 0 Å². The molecule has 0 saturated carbocycles. The van der Waals surface area contributed by atoms with Crippen LogP contribution in [0.2, 0.25) is 5.02 Å². The Bertz CT molecular complexity index is 477. The molecule has 2 rings (SSSR count). The van der Waals surface area contributed by atoms with Crippen LogP contribution in [0.1, 0.15) is 18.9 Å². The Morgan fingerprint density at radius 1 is 1.33 bits per heavy atom. The molecule has 1 aliphatic heterocycles. The van der Waals surface area contributed by atoms with E-state index in [9.17, 15) is 0 Å². The first kappa shape index (κ1) is 13.1. The SMILES string of the molecule is CC#CCNCc1cc(Cl)c2c(c1)OCCCO2. The standard InChI is InChI=1S/C14H16ClNO2/c1-2-3-5-16-10-11-8-12(15)14-13(9-11)17-6-4-7-18-14/h8-9,16H,4-7,10H2,1H3. The van der Waals surface area contributed by atoms with Gasteiger partial charge in [0.2, 0.25) is 0 Å². The zero-order valence-electron chi connectivity index (χ0n) is 10.4. The van der Waals surface area contributed by atoms with Gasteiger partial charge in [-0.3, -0.25) is 0 Å². The van der Waals surface area contributed by atoms with Gasteiger partial charge < -0.3 is 14.8 Å². The highest BCUT2D eigenvalue weighted by Gasteiger charge is 2.15. The maximum atomic E-state index is 6.20. The van der Waals surface area contributed by atoms with Crippen LogP contribution in [0.3, 0.4) is 0 Å². The fourth-order valence-electron chi connectivity index (χ4n) is 1.74. The second kappa shape index (κ2) is 6.53. The molecule has 0 aliphatic carbocycles. The Morgan fingerprint density at radius 3 is 3.00 bits per heavy atom. The normalized spacial score (nSPS) is 13.4. The fourth-order valence-corrected chi connectivity index (χ4v) is 2.03. The van der Waals surface area contributed by atoms with Crippen LogP contribution in [0.25, 0.3) is 0 Å². The number of fused-ring (bicyclic) bond motifs is 1. The topological polar surface area (TPSA) is 30.5 Å². The summed E-state index contributed by atoms with van der Waals surface area (Å²) in [5, 5.41) is 3.83. The van der Waals surface area contributed by atoms with E-state index in [-0.39, 0.29) is 0 Å². The molecule has 1 aliphatic rings. The van der Waals surface area contributed by atoms with Gasteiger partial charge in [-0.1, -0.05) is 17.5 Å². The molecular weight excluding hydrogens is 250 g/mol. The van der Waals surface area contributed by atoms with Crippen molar-refractivity contribution in [2.45, 2.75) is 19.9 Å². The molecule has 1 N–H and O–H groups in total. The minimum Gasteiger partial charge on any atom is -0.489 e. The molecule has 0 radical (unpaired) electrons. The van der Waals surface area contributed by atoms with Crippen molar-refractivity contribution in [2.75, 3.05) is 19.8 Å². The first-order chi connectivity index (χ1) is 8.81. The highest BCUT2D eigenvalue weighted by Crippen LogP contribution is 2.37. The maximum Gasteiger partial charge on any atom is 0.179 e. The van der Waals surface area contributed by atoms with Crippen molar-refractivity contribution in [3.8, 4) is 23.3 Å². The molecule has 0 fully saturated rings. The van der Waals surface area contributed by atoms with E-state index in [0.29, 0.717) is 37.1 Å². The van der Waals surface area contributed by atoms with Crippen LogP contribution in [-0.2, 0) is 6.54 Å². The van der Waals surface area contributed by atoms with Gasteiger partial charge in [0, 0.05) is 13.0 Å². The third-order valence-electron chi connectivity index (χ3n) is 2.58. The third-order valence-corrected chi connectivity index (χ3v) is 2.86. The largest absolute Gasteiger partial charge is 0.489 e. The van der Waals surface area contributed by atoms with Gasteiger partial charge >= 0.3 is 0 Å². The summed E-state index contributed by atoms with van der Waals surface area (Å²) in [6.45, 7) is 4.53. The van der Waals surface area contributed by atoms with Crippen LogP contribution in [-0.4, -0.2) is 19.8 Å². The van der Waals surface area contributed by atoms with Gasteiger partial charge in [-0.05, 0) is 24.6 Å². The predicted octanol–water partition coefficient (Wildman–Crippen LogP) is 2.61. The van der Waals surface area contributed by atoms with E-state index in [1.165, 1.54) is 0 Å². The van der Waals surface area contributed by atoms with E-state index >= 15 is 0 Å². The number of hydrogen-bond acceptors (Lipinski definition) is 3. The summed E-state index contributed by atoms with van der Waals surface area (Å²) in [5.41, 5.74) is 1.07. The Hall–Kier alpha value is -1.37. The zero-order valence-corrected chi connectivity index (χ0v) is 11.1. The van der Waals surface area contributed by atoms with Gasteiger partial charge in [0.15, 0.2) is 11.5 Å². The maximum absolute atomic E-state index is 6.20. The van der Waals surface area contributed by atoms with Gasteiger partial charge in [-0.15, -0.1) is 5.92 Å². The van der Waals surface area contributed by atoms with Crippen molar-refractivity contribution in [3.05, 3.63) is 22.7 Å². The van der Waals surface area contributed by atoms with Crippen molar-refractivity contribution in [1.29, 1.82) is 0 Å². The Balaban J connectivity index is 2.10. The summed E-state index contributed by atoms with van der Waals surface area (Å²) in [6, 6.07) is 3.88. The number of rotatable bonds is 3. The lowest BCUT2D eigenvalue weighted by atomic mass is 10.2. The van der Waals surface area contributed by atoms with Crippen LogP contribution in [0.5, 0.6) is 11.5 Å². The molecule has 3 nitrogen and oxygen atoms in total. The van der Waals surface area contributed by atoms with E-state index in [2.05, 4.69) is 17.2 Å². The molecule has 96 valence electrons. The summed E-state index contributed by atoms with van der Waals surface area (Å²) in [4.78, 5) is 0. The highest BCUT2D eigenvalue weighted by molar-refractivity contribution is 6.32. The third kappa shape index (κ3) is 3.32. The zero-order chi connectivity index (χ0) is 12.8. The van der Waals surface area contributed by atoms with Gasteiger partial charge in [0.1, 0.15) is 0 Å². The van der Waals surface area contributed by atoms with Crippen molar-refractivity contribution in [2.24, 2.45) is 0 Å². The number of benzene rings is 1. The Labute approximate surface area is 112 Å². The first-order valence-corrected chi connectivity index (χ1v) is 6.37. The number of halogens is 1. The summed E-state index contributed by atoms with van der Waals surface area (Å²) < 4.78 is 11.2. The lowest BCUT2D eigenvalue weighted by Crippen LogP contribution is -2.13. The molecule has 0 bridgehead atoms. The molecule has 0 aromatic heterocycles. The van der Waals surface area contributed by atoms with E-state index < -0.39 is 0 Å². The van der Waals surface area contributed by atoms with Crippen molar-refractivity contribution in [1.82, 2.24) is 5.32 Å². The first-order valence-electron chi connectivity index (χ1n) is 5.99. The second-order valence-electron chi connectivity index (χ2n) is 3.99. The molecule has 0 saturated heterocycles. The van der Waals surface area contributed by atoms with Crippen LogP contribution < -0.4 is 14.8 Å². The molecule has 0 spiro atoms. The van der Waals surface area contributed by atoms with Crippen molar-refractivity contribution in [3.63, 3.8) is 0 Å². The summed E-state index contributed by atoms with van der Waals surface area (Å²) in [7, 11) is 0. The lowest BCUT2D eigenvalue weighted by molar-refractivity contribution is 0.297. The number of ether oxygens (including phenoxy) is 2. The molecule has 0 atom stereocenters. The molecule has 1 aromatic carbocycles. The monoisotopic (exact) mass is 265 g/mol. The molecule has 0 unspecified atom stereocenters. The highest BCUT2D eigenvalue weighted by atomic mass is 35.5. The van der Waals surface area contributed by atoms with Crippen molar-refractivity contribution >= 4 is 11.6 Å². The van der Waals surface area contributed by atoms with Gasteiger partial charge in [-0.2, -0.15) is 0 Å². The molecule has 1 aromatic rings. The quantitative estimate of drug-likeness (QED) is 0.673. The van der Waals surface area contributed by atoms with Crippen LogP contribution in [0.15, 0.2) is 12.1 Å². The van der Waals surface area contributed by atoms with Crippen molar-refractivity contribution < 1.29 is 9.47 Å². The summed E-state index contributed by atoms with van der Waals surface area (Å²) >= 11 is 6.20. The van der Waals surface area contributed by atoms with Gasteiger partial charge in [0.25, 0.3) is 0 Å². The Morgan fingerprint density at radius 2 is 2.17 bits per heavy atom. The minimum atomic E-state index is 0.604.